The summed E-state index contributed by atoms with van der Waals surface area (Å²) in [6, 6.07) is 19.4. The van der Waals surface area contributed by atoms with Gasteiger partial charge in [0.05, 0.1) is 0 Å². The van der Waals surface area contributed by atoms with Crippen molar-refractivity contribution >= 4 is 5.69 Å². The van der Waals surface area contributed by atoms with Gasteiger partial charge in [0.25, 0.3) is 0 Å². The average Bonchev–Trinajstić information content (AvgIpc) is 2.65. The van der Waals surface area contributed by atoms with Crippen molar-refractivity contribution in [2.24, 2.45) is 0 Å². The largest absolute Gasteiger partial charge is 0.340 e. The average molecular weight is 365 g/mol. The molecule has 2 aromatic rings. The first kappa shape index (κ1) is 18.5. The van der Waals surface area contributed by atoms with Crippen LogP contribution in [0.5, 0.6) is 0 Å². The number of hydrogen-bond donors (Lipinski definition) is 0. The third kappa shape index (κ3) is 3.51. The molecule has 0 N–H and O–H groups in total. The second-order valence-electron chi connectivity index (χ2n) is 9.21. The lowest BCUT2D eigenvalue weighted by molar-refractivity contribution is -0.307. The molecular weight excluding hydrogens is 332 g/mol. The summed E-state index contributed by atoms with van der Waals surface area (Å²) < 4.78 is 0. The molecule has 3 heteroatoms. The molecule has 0 aliphatic carbocycles. The van der Waals surface area contributed by atoms with Crippen molar-refractivity contribution in [3.63, 3.8) is 0 Å². The molecule has 0 aromatic heterocycles. The minimum Gasteiger partial charge on any atom is -0.340 e. The van der Waals surface area contributed by atoms with Gasteiger partial charge in [-0.05, 0) is 71.1 Å². The molecule has 0 amide bonds. The van der Waals surface area contributed by atoms with E-state index in [4.69, 9.17) is 4.84 Å². The van der Waals surface area contributed by atoms with Gasteiger partial charge in [0.15, 0.2) is 6.23 Å². The topological polar surface area (TPSA) is 15.7 Å². The first-order valence-corrected chi connectivity index (χ1v) is 10.3. The van der Waals surface area contributed by atoms with Crippen LogP contribution >= 0.6 is 0 Å². The Morgan fingerprint density at radius 2 is 1.48 bits per heavy atom. The summed E-state index contributed by atoms with van der Waals surface area (Å²) in [6.07, 6.45) is 4.54. The first-order valence-electron chi connectivity index (χ1n) is 10.3. The van der Waals surface area contributed by atoms with Crippen molar-refractivity contribution < 1.29 is 4.84 Å². The maximum Gasteiger partial charge on any atom is 0.177 e. The molecule has 1 fully saturated rings. The molecule has 2 aromatic carbocycles. The summed E-state index contributed by atoms with van der Waals surface area (Å²) in [7, 11) is 0. The zero-order chi connectivity index (χ0) is 19.1. The number of nitrogens with zero attached hydrogens (tertiary/aromatic N) is 2. The Hall–Kier alpha value is -1.84. The Morgan fingerprint density at radius 3 is 2.19 bits per heavy atom. The highest BCUT2D eigenvalue weighted by Gasteiger charge is 2.45. The van der Waals surface area contributed by atoms with Crippen molar-refractivity contribution in [1.82, 2.24) is 5.06 Å². The maximum absolute atomic E-state index is 6.92. The molecule has 1 atom stereocenters. The van der Waals surface area contributed by atoms with Gasteiger partial charge in [0.2, 0.25) is 0 Å². The van der Waals surface area contributed by atoms with Crippen LogP contribution in [0, 0.1) is 0 Å². The van der Waals surface area contributed by atoms with Gasteiger partial charge in [-0.15, -0.1) is 0 Å². The van der Waals surface area contributed by atoms with Crippen molar-refractivity contribution in [2.75, 3.05) is 11.4 Å². The van der Waals surface area contributed by atoms with Crippen molar-refractivity contribution in [1.29, 1.82) is 0 Å². The molecular formula is C24H32N2O. The van der Waals surface area contributed by atoms with E-state index in [1.165, 1.54) is 23.2 Å². The second-order valence-corrected chi connectivity index (χ2v) is 9.21. The van der Waals surface area contributed by atoms with Gasteiger partial charge in [0.1, 0.15) is 0 Å². The zero-order valence-corrected chi connectivity index (χ0v) is 17.1. The molecule has 1 unspecified atom stereocenters. The van der Waals surface area contributed by atoms with Crippen molar-refractivity contribution in [2.45, 2.75) is 70.7 Å². The Bertz CT molecular complexity index is 768. The fraction of sp³-hybridized carbons (Fsp3) is 0.500. The summed E-state index contributed by atoms with van der Waals surface area (Å²) in [5.41, 5.74) is 3.98. The number of anilines is 1. The van der Waals surface area contributed by atoms with Crippen LogP contribution in [0.2, 0.25) is 0 Å². The number of hydroxylamine groups is 2. The third-order valence-electron chi connectivity index (χ3n) is 6.20. The number of hydrogen-bond acceptors (Lipinski definition) is 3. The molecule has 2 heterocycles. The van der Waals surface area contributed by atoms with Crippen LogP contribution in [0.4, 0.5) is 5.69 Å². The van der Waals surface area contributed by atoms with Gasteiger partial charge in [-0.25, -0.2) is 0 Å². The molecule has 0 radical (unpaired) electrons. The summed E-state index contributed by atoms with van der Waals surface area (Å²) in [4.78, 5) is 9.34. The zero-order valence-electron chi connectivity index (χ0n) is 17.1. The lowest BCUT2D eigenvalue weighted by Crippen LogP contribution is -2.59. The van der Waals surface area contributed by atoms with Crippen LogP contribution in [0.1, 0.15) is 64.3 Å². The predicted molar refractivity (Wildman–Crippen MR) is 112 cm³/mol. The SMILES string of the molecule is CC1(C)CCCC(C)(C)N1OC1c2ccccc2CCN1c1ccccc1. The van der Waals surface area contributed by atoms with Gasteiger partial charge in [-0.2, -0.15) is 5.06 Å². The van der Waals surface area contributed by atoms with E-state index in [1.807, 2.05) is 0 Å². The highest BCUT2D eigenvalue weighted by atomic mass is 16.7. The summed E-state index contributed by atoms with van der Waals surface area (Å²) >= 11 is 0. The molecule has 0 spiro atoms. The quantitative estimate of drug-likeness (QED) is 0.692. The van der Waals surface area contributed by atoms with Gasteiger partial charge < -0.3 is 4.90 Å². The highest BCUT2D eigenvalue weighted by molar-refractivity contribution is 5.51. The fourth-order valence-electron chi connectivity index (χ4n) is 4.89. The van der Waals surface area contributed by atoms with E-state index in [0.717, 1.165) is 25.8 Å². The van der Waals surface area contributed by atoms with E-state index < -0.39 is 0 Å². The molecule has 0 saturated carbocycles. The van der Waals surface area contributed by atoms with Gasteiger partial charge >= 0.3 is 0 Å². The monoisotopic (exact) mass is 364 g/mol. The van der Waals surface area contributed by atoms with Crippen LogP contribution in [-0.2, 0) is 11.3 Å². The van der Waals surface area contributed by atoms with E-state index in [1.54, 1.807) is 0 Å². The second kappa shape index (κ2) is 6.96. The fourth-order valence-corrected chi connectivity index (χ4v) is 4.89. The molecule has 144 valence electrons. The normalized spacial score (nSPS) is 24.4. The van der Waals surface area contributed by atoms with Crippen molar-refractivity contribution in [3.8, 4) is 0 Å². The van der Waals surface area contributed by atoms with Gasteiger partial charge in [0, 0.05) is 28.9 Å². The summed E-state index contributed by atoms with van der Waals surface area (Å²) in [5.74, 6) is 0. The smallest absolute Gasteiger partial charge is 0.177 e. The Kier molecular flexibility index (Phi) is 4.77. The molecule has 1 saturated heterocycles. The third-order valence-corrected chi connectivity index (χ3v) is 6.20. The van der Waals surface area contributed by atoms with Crippen molar-refractivity contribution in [3.05, 3.63) is 65.7 Å². The van der Waals surface area contributed by atoms with Crippen LogP contribution in [0.15, 0.2) is 54.6 Å². The molecule has 3 nitrogen and oxygen atoms in total. The van der Waals surface area contributed by atoms with Crippen LogP contribution in [-0.4, -0.2) is 22.7 Å². The standard InChI is InChI=1S/C24H32N2O/c1-23(2)16-10-17-24(3,4)26(23)27-22-21-14-9-8-11-19(21)15-18-25(22)20-12-6-5-7-13-20/h5-9,11-14,22H,10,15-18H2,1-4H3. The molecule has 4 rings (SSSR count). The number of piperidine rings is 1. The Morgan fingerprint density at radius 1 is 0.852 bits per heavy atom. The summed E-state index contributed by atoms with van der Waals surface area (Å²) in [6.45, 7) is 10.2. The Labute approximate surface area is 163 Å². The van der Waals surface area contributed by atoms with Crippen LogP contribution in [0.25, 0.3) is 0 Å². The van der Waals surface area contributed by atoms with Crippen LogP contribution < -0.4 is 4.90 Å². The minimum atomic E-state index is -0.0889. The number of rotatable bonds is 3. The number of benzene rings is 2. The van der Waals surface area contributed by atoms with E-state index in [9.17, 15) is 0 Å². The Balaban J connectivity index is 1.74. The predicted octanol–water partition coefficient (Wildman–Crippen LogP) is 5.72. The van der Waals surface area contributed by atoms with Gasteiger partial charge in [-0.3, -0.25) is 4.84 Å². The van der Waals surface area contributed by atoms with Crippen LogP contribution in [0.3, 0.4) is 0 Å². The molecule has 27 heavy (non-hydrogen) atoms. The first-order chi connectivity index (χ1) is 12.9. The van der Waals surface area contributed by atoms with Gasteiger partial charge in [-0.1, -0.05) is 42.5 Å². The maximum atomic E-state index is 6.92. The number of fused-ring (bicyclic) bond motifs is 1. The molecule has 2 aliphatic rings. The summed E-state index contributed by atoms with van der Waals surface area (Å²) in [5, 5.41) is 2.30. The number of para-hydroxylation sites is 1. The molecule has 0 bridgehead atoms. The lowest BCUT2D eigenvalue weighted by atomic mass is 9.82. The van der Waals surface area contributed by atoms with E-state index >= 15 is 0 Å². The van der Waals surface area contributed by atoms with E-state index in [-0.39, 0.29) is 17.3 Å². The lowest BCUT2D eigenvalue weighted by Gasteiger charge is -2.54. The van der Waals surface area contributed by atoms with E-state index in [0.29, 0.717) is 0 Å². The van der Waals surface area contributed by atoms with E-state index in [2.05, 4.69) is 92.3 Å². The minimum absolute atomic E-state index is 0.0243. The molecule has 2 aliphatic heterocycles. The highest BCUT2D eigenvalue weighted by Crippen LogP contribution is 2.43.